The van der Waals surface area contributed by atoms with Crippen molar-refractivity contribution in [2.75, 3.05) is 13.2 Å². The van der Waals surface area contributed by atoms with E-state index < -0.39 is 0 Å². The standard InChI is InChI=1S/C14H17N3O2/c1-17-10-9-15-13(17)7-8-16-14(18)11-19-12-5-3-2-4-6-12/h2-6,9-10H,7-8,11H2,1H3,(H,16,18). The number of nitrogens with one attached hydrogen (secondary N) is 1. The summed E-state index contributed by atoms with van der Waals surface area (Å²) >= 11 is 0. The molecule has 0 spiro atoms. The van der Waals surface area contributed by atoms with Crippen LogP contribution in [0.5, 0.6) is 5.75 Å². The minimum Gasteiger partial charge on any atom is -0.484 e. The Kier molecular flexibility index (Phi) is 4.55. The van der Waals surface area contributed by atoms with E-state index in [4.69, 9.17) is 4.74 Å². The predicted octanol–water partition coefficient (Wildman–Crippen LogP) is 1.16. The molecule has 0 unspecified atom stereocenters. The van der Waals surface area contributed by atoms with Crippen LogP contribution in [0.4, 0.5) is 0 Å². The quantitative estimate of drug-likeness (QED) is 0.847. The number of para-hydroxylation sites is 1. The highest BCUT2D eigenvalue weighted by molar-refractivity contribution is 5.77. The van der Waals surface area contributed by atoms with Crippen LogP contribution in [0.2, 0.25) is 0 Å². The number of benzene rings is 1. The summed E-state index contributed by atoms with van der Waals surface area (Å²) in [5, 5.41) is 2.80. The molecular formula is C14H17N3O2. The Morgan fingerprint density at radius 3 is 2.84 bits per heavy atom. The normalized spacial score (nSPS) is 10.2. The number of aryl methyl sites for hydroxylation is 1. The number of carbonyl (C=O) groups is 1. The molecule has 1 amide bonds. The van der Waals surface area contributed by atoms with Gasteiger partial charge in [0, 0.05) is 32.4 Å². The molecule has 0 fully saturated rings. The second kappa shape index (κ2) is 6.58. The van der Waals surface area contributed by atoms with E-state index in [1.54, 1.807) is 6.20 Å². The summed E-state index contributed by atoms with van der Waals surface area (Å²) in [4.78, 5) is 15.8. The Morgan fingerprint density at radius 2 is 2.16 bits per heavy atom. The van der Waals surface area contributed by atoms with Crippen LogP contribution < -0.4 is 10.1 Å². The van der Waals surface area contributed by atoms with Crippen molar-refractivity contribution in [2.24, 2.45) is 7.05 Å². The molecule has 0 radical (unpaired) electrons. The molecule has 0 saturated carbocycles. The molecular weight excluding hydrogens is 242 g/mol. The summed E-state index contributed by atoms with van der Waals surface area (Å²) in [5.41, 5.74) is 0. The van der Waals surface area contributed by atoms with Gasteiger partial charge < -0.3 is 14.6 Å². The molecule has 1 N–H and O–H groups in total. The van der Waals surface area contributed by atoms with Gasteiger partial charge in [-0.15, -0.1) is 0 Å². The SMILES string of the molecule is Cn1ccnc1CCNC(=O)COc1ccccc1. The Hall–Kier alpha value is -2.30. The molecule has 1 heterocycles. The molecule has 2 rings (SSSR count). The lowest BCUT2D eigenvalue weighted by Gasteiger charge is -2.07. The first-order valence-corrected chi connectivity index (χ1v) is 6.16. The summed E-state index contributed by atoms with van der Waals surface area (Å²) in [6.07, 6.45) is 4.34. The average Bonchev–Trinajstić information content (AvgIpc) is 2.83. The highest BCUT2D eigenvalue weighted by atomic mass is 16.5. The van der Waals surface area contributed by atoms with Crippen molar-refractivity contribution in [3.8, 4) is 5.75 Å². The largest absolute Gasteiger partial charge is 0.484 e. The van der Waals surface area contributed by atoms with Gasteiger partial charge >= 0.3 is 0 Å². The van der Waals surface area contributed by atoms with Crippen molar-refractivity contribution in [3.63, 3.8) is 0 Å². The van der Waals surface area contributed by atoms with E-state index in [9.17, 15) is 4.79 Å². The Labute approximate surface area is 112 Å². The maximum Gasteiger partial charge on any atom is 0.257 e. The zero-order valence-corrected chi connectivity index (χ0v) is 10.9. The lowest BCUT2D eigenvalue weighted by molar-refractivity contribution is -0.123. The van der Waals surface area contributed by atoms with Crippen LogP contribution in [-0.4, -0.2) is 28.6 Å². The van der Waals surface area contributed by atoms with Gasteiger partial charge in [0.2, 0.25) is 0 Å². The first kappa shape index (κ1) is 13.1. The van der Waals surface area contributed by atoms with Gasteiger partial charge in [-0.1, -0.05) is 18.2 Å². The van der Waals surface area contributed by atoms with Crippen LogP contribution in [-0.2, 0) is 18.3 Å². The van der Waals surface area contributed by atoms with E-state index in [1.807, 2.05) is 48.1 Å². The number of rotatable bonds is 6. The molecule has 1 aromatic heterocycles. The van der Waals surface area contributed by atoms with Crippen molar-refractivity contribution in [2.45, 2.75) is 6.42 Å². The van der Waals surface area contributed by atoms with Gasteiger partial charge in [0.05, 0.1) is 0 Å². The maximum absolute atomic E-state index is 11.6. The molecule has 2 aromatic rings. The molecule has 5 heteroatoms. The summed E-state index contributed by atoms with van der Waals surface area (Å²) in [6.45, 7) is 0.590. The number of ether oxygens (including phenoxy) is 1. The van der Waals surface area contributed by atoms with Crippen LogP contribution in [0, 0.1) is 0 Å². The minimum atomic E-state index is -0.127. The van der Waals surface area contributed by atoms with Crippen molar-refractivity contribution in [1.82, 2.24) is 14.9 Å². The fraction of sp³-hybridized carbons (Fsp3) is 0.286. The van der Waals surface area contributed by atoms with Gasteiger partial charge in [0.1, 0.15) is 11.6 Å². The van der Waals surface area contributed by atoms with E-state index in [0.29, 0.717) is 18.7 Å². The molecule has 100 valence electrons. The van der Waals surface area contributed by atoms with Crippen molar-refractivity contribution in [3.05, 3.63) is 48.5 Å². The fourth-order valence-electron chi connectivity index (χ4n) is 1.67. The van der Waals surface area contributed by atoms with Crippen LogP contribution in [0.3, 0.4) is 0 Å². The molecule has 0 saturated heterocycles. The summed E-state index contributed by atoms with van der Waals surface area (Å²) in [5.74, 6) is 1.52. The summed E-state index contributed by atoms with van der Waals surface area (Å²) in [6, 6.07) is 9.28. The zero-order valence-electron chi connectivity index (χ0n) is 10.9. The molecule has 5 nitrogen and oxygen atoms in total. The van der Waals surface area contributed by atoms with Crippen LogP contribution in [0.15, 0.2) is 42.7 Å². The zero-order chi connectivity index (χ0) is 13.5. The van der Waals surface area contributed by atoms with E-state index >= 15 is 0 Å². The highest BCUT2D eigenvalue weighted by Crippen LogP contribution is 2.07. The topological polar surface area (TPSA) is 56.2 Å². The smallest absolute Gasteiger partial charge is 0.257 e. The van der Waals surface area contributed by atoms with Crippen molar-refractivity contribution in [1.29, 1.82) is 0 Å². The molecule has 0 bridgehead atoms. The molecule has 0 aliphatic carbocycles. The number of amides is 1. The lowest BCUT2D eigenvalue weighted by Crippen LogP contribution is -2.31. The Balaban J connectivity index is 1.66. The summed E-state index contributed by atoms with van der Waals surface area (Å²) < 4.78 is 7.28. The molecule has 19 heavy (non-hydrogen) atoms. The second-order valence-corrected chi connectivity index (χ2v) is 4.16. The Bertz CT molecular complexity index is 522. The van der Waals surface area contributed by atoms with Gasteiger partial charge in [-0.3, -0.25) is 4.79 Å². The van der Waals surface area contributed by atoms with Gasteiger partial charge in [0.15, 0.2) is 6.61 Å². The fourth-order valence-corrected chi connectivity index (χ4v) is 1.67. The van der Waals surface area contributed by atoms with Crippen LogP contribution >= 0.6 is 0 Å². The molecule has 0 aliphatic heterocycles. The van der Waals surface area contributed by atoms with E-state index in [0.717, 1.165) is 5.82 Å². The van der Waals surface area contributed by atoms with E-state index in [1.165, 1.54) is 0 Å². The lowest BCUT2D eigenvalue weighted by atomic mass is 10.3. The molecule has 1 aromatic carbocycles. The van der Waals surface area contributed by atoms with Crippen LogP contribution in [0.25, 0.3) is 0 Å². The second-order valence-electron chi connectivity index (χ2n) is 4.16. The van der Waals surface area contributed by atoms with E-state index in [2.05, 4.69) is 10.3 Å². The number of carbonyl (C=O) groups excluding carboxylic acids is 1. The third kappa shape index (κ3) is 4.13. The van der Waals surface area contributed by atoms with Gasteiger partial charge in [-0.05, 0) is 12.1 Å². The number of hydrogen-bond donors (Lipinski definition) is 1. The molecule has 0 aliphatic rings. The van der Waals surface area contributed by atoms with Gasteiger partial charge in [-0.25, -0.2) is 4.98 Å². The van der Waals surface area contributed by atoms with E-state index in [-0.39, 0.29) is 12.5 Å². The first-order chi connectivity index (χ1) is 9.25. The van der Waals surface area contributed by atoms with Gasteiger partial charge in [0.25, 0.3) is 5.91 Å². The van der Waals surface area contributed by atoms with Crippen molar-refractivity contribution < 1.29 is 9.53 Å². The minimum absolute atomic E-state index is 0.0323. The average molecular weight is 259 g/mol. The van der Waals surface area contributed by atoms with Crippen molar-refractivity contribution >= 4 is 5.91 Å². The number of aromatic nitrogens is 2. The van der Waals surface area contributed by atoms with Crippen LogP contribution in [0.1, 0.15) is 5.82 Å². The highest BCUT2D eigenvalue weighted by Gasteiger charge is 2.03. The van der Waals surface area contributed by atoms with Gasteiger partial charge in [-0.2, -0.15) is 0 Å². The first-order valence-electron chi connectivity index (χ1n) is 6.16. The molecule has 0 atom stereocenters. The number of nitrogens with zero attached hydrogens (tertiary/aromatic N) is 2. The monoisotopic (exact) mass is 259 g/mol. The number of imidazole rings is 1. The maximum atomic E-state index is 11.6. The summed E-state index contributed by atoms with van der Waals surface area (Å²) in [7, 11) is 1.93. The predicted molar refractivity (Wildman–Crippen MR) is 71.9 cm³/mol. The number of hydrogen-bond acceptors (Lipinski definition) is 3. The third-order valence-corrected chi connectivity index (χ3v) is 2.70. The third-order valence-electron chi connectivity index (χ3n) is 2.70. The Morgan fingerprint density at radius 1 is 1.37 bits per heavy atom.